The highest BCUT2D eigenvalue weighted by Crippen LogP contribution is 2.30. The molecule has 1 aromatic rings. The van der Waals surface area contributed by atoms with E-state index in [-0.39, 0.29) is 6.10 Å². The third kappa shape index (κ3) is 5.21. The molecule has 0 aliphatic rings. The summed E-state index contributed by atoms with van der Waals surface area (Å²) in [6, 6.07) is 0. The van der Waals surface area contributed by atoms with Crippen LogP contribution in [0.2, 0.25) is 0 Å². The topological polar surface area (TPSA) is 34.1 Å². The molecule has 1 unspecified atom stereocenters. The van der Waals surface area contributed by atoms with Gasteiger partial charge in [0.15, 0.2) is 0 Å². The summed E-state index contributed by atoms with van der Waals surface area (Å²) in [5, 5.41) is 4.58. The fraction of sp³-hybridized carbons (Fsp3) is 0.800. The average Bonchev–Trinajstić information content (AvgIpc) is 2.80. The van der Waals surface area contributed by atoms with Crippen LogP contribution in [-0.2, 0) is 17.7 Å². The summed E-state index contributed by atoms with van der Waals surface area (Å²) in [4.78, 5) is 6.23. The number of aryl methyl sites for hydroxylation is 1. The predicted octanol–water partition coefficient (Wildman–Crippen LogP) is 4.08. The molecule has 1 N–H and O–H groups in total. The standard InChI is InChI=1S/C15H28N2OS/c1-5-9-12-14(11-16-7-3)19-15(17-12)13(10-6-2)18-8-4/h13,16H,5-11H2,1-4H3. The molecule has 110 valence electrons. The zero-order valence-corrected chi connectivity index (χ0v) is 13.6. The lowest BCUT2D eigenvalue weighted by molar-refractivity contribution is 0.0554. The van der Waals surface area contributed by atoms with Gasteiger partial charge in [0.25, 0.3) is 0 Å². The number of hydrogen-bond acceptors (Lipinski definition) is 4. The Bertz CT molecular complexity index is 346. The molecule has 1 aromatic heterocycles. The van der Waals surface area contributed by atoms with E-state index in [1.54, 1.807) is 0 Å². The van der Waals surface area contributed by atoms with Crippen LogP contribution in [0.1, 0.15) is 68.6 Å². The molecule has 0 aromatic carbocycles. The van der Waals surface area contributed by atoms with Gasteiger partial charge in [-0.2, -0.15) is 0 Å². The Morgan fingerprint density at radius 1 is 1.21 bits per heavy atom. The van der Waals surface area contributed by atoms with Crippen LogP contribution in [0.5, 0.6) is 0 Å². The van der Waals surface area contributed by atoms with E-state index in [1.165, 1.54) is 15.6 Å². The van der Waals surface area contributed by atoms with Crippen molar-refractivity contribution >= 4 is 11.3 Å². The Morgan fingerprint density at radius 2 is 2.00 bits per heavy atom. The minimum absolute atomic E-state index is 0.186. The lowest BCUT2D eigenvalue weighted by Gasteiger charge is -2.12. The zero-order chi connectivity index (χ0) is 14.1. The number of thiazole rings is 1. The third-order valence-electron chi connectivity index (χ3n) is 3.01. The quantitative estimate of drug-likeness (QED) is 0.703. The van der Waals surface area contributed by atoms with Crippen LogP contribution in [-0.4, -0.2) is 18.1 Å². The highest BCUT2D eigenvalue weighted by atomic mass is 32.1. The highest BCUT2D eigenvalue weighted by molar-refractivity contribution is 7.11. The van der Waals surface area contributed by atoms with Gasteiger partial charge in [-0.1, -0.05) is 33.6 Å². The van der Waals surface area contributed by atoms with Crippen LogP contribution in [0.25, 0.3) is 0 Å². The molecule has 1 rings (SSSR count). The van der Waals surface area contributed by atoms with Crippen molar-refractivity contribution in [2.45, 2.75) is 66.0 Å². The Morgan fingerprint density at radius 3 is 2.58 bits per heavy atom. The van der Waals surface area contributed by atoms with Gasteiger partial charge < -0.3 is 10.1 Å². The summed E-state index contributed by atoms with van der Waals surface area (Å²) in [7, 11) is 0. The Hall–Kier alpha value is -0.450. The number of aromatic nitrogens is 1. The molecule has 0 aliphatic heterocycles. The molecule has 4 heteroatoms. The van der Waals surface area contributed by atoms with Crippen molar-refractivity contribution in [2.24, 2.45) is 0 Å². The van der Waals surface area contributed by atoms with E-state index in [1.807, 2.05) is 11.3 Å². The van der Waals surface area contributed by atoms with Crippen LogP contribution >= 0.6 is 11.3 Å². The predicted molar refractivity (Wildman–Crippen MR) is 82.8 cm³/mol. The SMILES string of the molecule is CCCc1nc(C(CCC)OCC)sc1CNCC. The largest absolute Gasteiger partial charge is 0.371 e. The van der Waals surface area contributed by atoms with Crippen LogP contribution in [0.3, 0.4) is 0 Å². The molecule has 0 fully saturated rings. The van der Waals surface area contributed by atoms with Crippen molar-refractivity contribution in [3.8, 4) is 0 Å². The molecule has 19 heavy (non-hydrogen) atoms. The summed E-state index contributed by atoms with van der Waals surface area (Å²) in [6.45, 7) is 11.3. The minimum atomic E-state index is 0.186. The van der Waals surface area contributed by atoms with Crippen molar-refractivity contribution in [1.82, 2.24) is 10.3 Å². The lowest BCUT2D eigenvalue weighted by atomic mass is 10.2. The molecule has 1 heterocycles. The maximum atomic E-state index is 5.85. The maximum Gasteiger partial charge on any atom is 0.122 e. The number of hydrogen-bond donors (Lipinski definition) is 1. The molecule has 0 saturated carbocycles. The van der Waals surface area contributed by atoms with Gasteiger partial charge >= 0.3 is 0 Å². The molecule has 0 bridgehead atoms. The van der Waals surface area contributed by atoms with E-state index in [0.717, 1.165) is 45.4 Å². The fourth-order valence-electron chi connectivity index (χ4n) is 2.09. The van der Waals surface area contributed by atoms with Crippen molar-refractivity contribution in [1.29, 1.82) is 0 Å². The van der Waals surface area contributed by atoms with Crippen LogP contribution < -0.4 is 5.32 Å². The first-order valence-corrected chi connectivity index (χ1v) is 8.39. The number of nitrogens with one attached hydrogen (secondary N) is 1. The van der Waals surface area contributed by atoms with E-state index in [4.69, 9.17) is 9.72 Å². The monoisotopic (exact) mass is 284 g/mol. The van der Waals surface area contributed by atoms with E-state index in [0.29, 0.717) is 0 Å². The molecule has 0 radical (unpaired) electrons. The second-order valence-electron chi connectivity index (χ2n) is 4.68. The zero-order valence-electron chi connectivity index (χ0n) is 12.8. The smallest absolute Gasteiger partial charge is 0.122 e. The van der Waals surface area contributed by atoms with Crippen LogP contribution in [0, 0.1) is 0 Å². The van der Waals surface area contributed by atoms with Gasteiger partial charge in [0.05, 0.1) is 5.69 Å². The first kappa shape index (κ1) is 16.6. The summed E-state index contributed by atoms with van der Waals surface area (Å²) in [6.07, 6.45) is 4.60. The molecule has 3 nitrogen and oxygen atoms in total. The highest BCUT2D eigenvalue weighted by Gasteiger charge is 2.18. The van der Waals surface area contributed by atoms with Gasteiger partial charge in [-0.15, -0.1) is 11.3 Å². The van der Waals surface area contributed by atoms with Gasteiger partial charge in [0.2, 0.25) is 0 Å². The second-order valence-corrected chi connectivity index (χ2v) is 5.80. The third-order valence-corrected chi connectivity index (χ3v) is 4.20. The minimum Gasteiger partial charge on any atom is -0.371 e. The van der Waals surface area contributed by atoms with Gasteiger partial charge in [-0.25, -0.2) is 4.98 Å². The van der Waals surface area contributed by atoms with E-state index >= 15 is 0 Å². The number of ether oxygens (including phenoxy) is 1. The van der Waals surface area contributed by atoms with Gasteiger partial charge in [-0.3, -0.25) is 0 Å². The average molecular weight is 284 g/mol. The van der Waals surface area contributed by atoms with Crippen molar-refractivity contribution < 1.29 is 4.74 Å². The van der Waals surface area contributed by atoms with Crippen molar-refractivity contribution in [2.75, 3.05) is 13.2 Å². The van der Waals surface area contributed by atoms with E-state index in [2.05, 4.69) is 33.0 Å². The lowest BCUT2D eigenvalue weighted by Crippen LogP contribution is -2.11. The molecule has 0 aliphatic carbocycles. The fourth-order valence-corrected chi connectivity index (χ4v) is 3.26. The number of rotatable bonds is 10. The maximum absolute atomic E-state index is 5.85. The summed E-state index contributed by atoms with van der Waals surface area (Å²) < 4.78 is 5.85. The molecular formula is C15H28N2OS. The van der Waals surface area contributed by atoms with E-state index < -0.39 is 0 Å². The van der Waals surface area contributed by atoms with Gasteiger partial charge in [-0.05, 0) is 26.3 Å². The number of nitrogens with zero attached hydrogens (tertiary/aromatic N) is 1. The normalized spacial score (nSPS) is 12.8. The molecule has 0 amide bonds. The summed E-state index contributed by atoms with van der Waals surface area (Å²) in [5.41, 5.74) is 1.27. The molecule has 1 atom stereocenters. The first-order chi connectivity index (χ1) is 9.26. The van der Waals surface area contributed by atoms with Gasteiger partial charge in [0, 0.05) is 18.0 Å². The van der Waals surface area contributed by atoms with Crippen LogP contribution in [0.15, 0.2) is 0 Å². The van der Waals surface area contributed by atoms with Crippen molar-refractivity contribution in [3.05, 3.63) is 15.6 Å². The summed E-state index contributed by atoms with van der Waals surface area (Å²) in [5.74, 6) is 0. The Balaban J connectivity index is 2.86. The first-order valence-electron chi connectivity index (χ1n) is 7.57. The molecule has 0 saturated heterocycles. The summed E-state index contributed by atoms with van der Waals surface area (Å²) >= 11 is 1.83. The van der Waals surface area contributed by atoms with Crippen LogP contribution in [0.4, 0.5) is 0 Å². The van der Waals surface area contributed by atoms with Gasteiger partial charge in [0.1, 0.15) is 11.1 Å². The molecule has 0 spiro atoms. The Labute approximate surface area is 121 Å². The Kier molecular flexibility index (Phi) is 8.26. The second kappa shape index (κ2) is 9.45. The molecular weight excluding hydrogens is 256 g/mol. The van der Waals surface area contributed by atoms with Crippen molar-refractivity contribution in [3.63, 3.8) is 0 Å². The van der Waals surface area contributed by atoms with E-state index in [9.17, 15) is 0 Å².